The number of rotatable bonds is 8. The average Bonchev–Trinajstić information content (AvgIpc) is 3.09. The Morgan fingerprint density at radius 3 is 2.52 bits per heavy atom. The number of hydrogen-bond donors (Lipinski definition) is 2. The van der Waals surface area contributed by atoms with Gasteiger partial charge in [0.15, 0.2) is 5.13 Å². The van der Waals surface area contributed by atoms with Crippen molar-refractivity contribution >= 4 is 48.3 Å². The number of carbonyl (C=O) groups is 1. The zero-order valence-electron chi connectivity index (χ0n) is 16.5. The van der Waals surface area contributed by atoms with E-state index in [2.05, 4.69) is 21.9 Å². The number of nitrogens with zero attached hydrogens (tertiary/aromatic N) is 1. The van der Waals surface area contributed by atoms with Crippen LogP contribution >= 0.6 is 11.3 Å². The highest BCUT2D eigenvalue weighted by Gasteiger charge is 2.17. The first-order valence-corrected chi connectivity index (χ1v) is 11.6. The molecular weight excluding hydrogens is 410 g/mol. The highest BCUT2D eigenvalue weighted by Crippen LogP contribution is 2.36. The normalized spacial score (nSPS) is 11.4. The molecule has 7 nitrogen and oxygen atoms in total. The minimum atomic E-state index is -3.75. The van der Waals surface area contributed by atoms with Crippen molar-refractivity contribution in [2.45, 2.75) is 38.0 Å². The van der Waals surface area contributed by atoms with Gasteiger partial charge >= 0.3 is 0 Å². The van der Waals surface area contributed by atoms with Crippen molar-refractivity contribution in [2.75, 3.05) is 17.1 Å². The molecule has 0 saturated carbocycles. The smallest absolute Gasteiger partial charge is 0.261 e. The third-order valence-corrected chi connectivity index (χ3v) is 6.59. The molecule has 0 aliphatic heterocycles. The number of aromatic nitrogens is 1. The number of anilines is 2. The maximum atomic E-state index is 12.8. The van der Waals surface area contributed by atoms with E-state index < -0.39 is 10.0 Å². The molecule has 3 aromatic rings. The van der Waals surface area contributed by atoms with Crippen LogP contribution in [0.25, 0.3) is 10.2 Å². The van der Waals surface area contributed by atoms with Crippen LogP contribution in [-0.4, -0.2) is 26.4 Å². The molecule has 2 aromatic carbocycles. The van der Waals surface area contributed by atoms with Crippen LogP contribution < -0.4 is 14.8 Å². The lowest BCUT2D eigenvalue weighted by Gasteiger charge is -2.10. The van der Waals surface area contributed by atoms with E-state index in [1.165, 1.54) is 18.4 Å². The fraction of sp³-hybridized carbons (Fsp3) is 0.300. The van der Waals surface area contributed by atoms with Crippen LogP contribution in [0.5, 0.6) is 5.75 Å². The van der Waals surface area contributed by atoms with Gasteiger partial charge in [0.2, 0.25) is 5.91 Å². The highest BCUT2D eigenvalue weighted by molar-refractivity contribution is 7.92. The second kappa shape index (κ2) is 8.79. The van der Waals surface area contributed by atoms with Gasteiger partial charge in [0.25, 0.3) is 10.0 Å². The predicted molar refractivity (Wildman–Crippen MR) is 116 cm³/mol. The summed E-state index contributed by atoms with van der Waals surface area (Å²) < 4.78 is 34.2. The number of fused-ring (bicyclic) bond motifs is 1. The fourth-order valence-electron chi connectivity index (χ4n) is 2.81. The van der Waals surface area contributed by atoms with Gasteiger partial charge in [-0.1, -0.05) is 43.7 Å². The molecule has 1 aromatic heterocycles. The second-order valence-electron chi connectivity index (χ2n) is 6.45. The molecule has 0 fully saturated rings. The van der Waals surface area contributed by atoms with Crippen molar-refractivity contribution in [3.05, 3.63) is 42.0 Å². The molecule has 0 unspecified atom stereocenters. The summed E-state index contributed by atoms with van der Waals surface area (Å²) in [4.78, 5) is 16.2. The third kappa shape index (κ3) is 4.86. The molecular formula is C20H23N3O4S2. The van der Waals surface area contributed by atoms with Crippen molar-refractivity contribution in [1.82, 2.24) is 4.98 Å². The van der Waals surface area contributed by atoms with Crippen LogP contribution in [0.3, 0.4) is 0 Å². The topological polar surface area (TPSA) is 97.4 Å². The summed E-state index contributed by atoms with van der Waals surface area (Å²) in [5, 5.41) is 3.16. The van der Waals surface area contributed by atoms with Crippen LogP contribution in [0.4, 0.5) is 10.8 Å². The second-order valence-corrected chi connectivity index (χ2v) is 9.16. The Hall–Kier alpha value is -2.65. The Kier molecular flexibility index (Phi) is 6.39. The van der Waals surface area contributed by atoms with Crippen molar-refractivity contribution in [3.63, 3.8) is 0 Å². The summed E-state index contributed by atoms with van der Waals surface area (Å²) in [6.45, 7) is 3.83. The van der Waals surface area contributed by atoms with E-state index in [9.17, 15) is 13.2 Å². The van der Waals surface area contributed by atoms with Gasteiger partial charge in [-0.15, -0.1) is 0 Å². The van der Waals surface area contributed by atoms with Crippen LogP contribution in [0.2, 0.25) is 0 Å². The number of carbonyl (C=O) groups excluding carboxylic acids is 1. The number of thiazole rings is 1. The number of aryl methyl sites for hydroxylation is 1. The van der Waals surface area contributed by atoms with Gasteiger partial charge in [-0.2, -0.15) is 0 Å². The molecule has 154 valence electrons. The monoisotopic (exact) mass is 433 g/mol. The largest absolute Gasteiger partial charge is 0.494 e. The van der Waals surface area contributed by atoms with Crippen molar-refractivity contribution < 1.29 is 17.9 Å². The molecule has 2 N–H and O–H groups in total. The number of hydrogen-bond acceptors (Lipinski definition) is 6. The molecule has 1 amide bonds. The van der Waals surface area contributed by atoms with E-state index >= 15 is 0 Å². The van der Waals surface area contributed by atoms with E-state index in [4.69, 9.17) is 4.74 Å². The number of sulfonamides is 1. The summed E-state index contributed by atoms with van der Waals surface area (Å²) in [6.07, 6.45) is 2.25. The Morgan fingerprint density at radius 1 is 1.17 bits per heavy atom. The molecule has 0 aliphatic carbocycles. The molecule has 0 bridgehead atoms. The molecule has 0 atom stereocenters. The van der Waals surface area contributed by atoms with Gasteiger partial charge < -0.3 is 10.1 Å². The van der Waals surface area contributed by atoms with Crippen molar-refractivity contribution in [2.24, 2.45) is 0 Å². The standard InChI is InChI=1S/C20H23N3O4S2/c1-4-6-13-7-9-15(10-8-13)29(25,26)23-14-11-16(27-3)19-17(12-14)28-20(22-19)21-18(24)5-2/h7-12,23H,4-6H2,1-3H3,(H,21,22,24). The van der Waals surface area contributed by atoms with E-state index in [0.29, 0.717) is 33.2 Å². The van der Waals surface area contributed by atoms with E-state index in [-0.39, 0.29) is 10.8 Å². The van der Waals surface area contributed by atoms with Gasteiger partial charge in [-0.05, 0) is 30.2 Å². The Bertz CT molecular complexity index is 1120. The predicted octanol–water partition coefficient (Wildman–Crippen LogP) is 4.41. The van der Waals surface area contributed by atoms with Crippen LogP contribution in [0.1, 0.15) is 32.3 Å². The number of amides is 1. The lowest BCUT2D eigenvalue weighted by molar-refractivity contribution is -0.115. The molecule has 0 radical (unpaired) electrons. The molecule has 29 heavy (non-hydrogen) atoms. The minimum Gasteiger partial charge on any atom is -0.494 e. The Morgan fingerprint density at radius 2 is 1.90 bits per heavy atom. The Labute approximate surface area is 174 Å². The van der Waals surface area contributed by atoms with E-state index in [1.54, 1.807) is 31.2 Å². The number of methoxy groups -OCH3 is 1. The van der Waals surface area contributed by atoms with E-state index in [1.807, 2.05) is 12.1 Å². The van der Waals surface area contributed by atoms with Gasteiger partial charge in [0, 0.05) is 12.5 Å². The molecule has 1 heterocycles. The summed E-state index contributed by atoms with van der Waals surface area (Å²) in [5.74, 6) is 0.280. The van der Waals surface area contributed by atoms with Gasteiger partial charge in [0.05, 0.1) is 22.4 Å². The summed E-state index contributed by atoms with van der Waals surface area (Å²) in [6, 6.07) is 10.1. The SMILES string of the molecule is CCCc1ccc(S(=O)(=O)Nc2cc(OC)c3nc(NC(=O)CC)sc3c2)cc1. The highest BCUT2D eigenvalue weighted by atomic mass is 32.2. The first-order chi connectivity index (χ1) is 13.9. The molecule has 0 spiro atoms. The molecule has 0 saturated heterocycles. The minimum absolute atomic E-state index is 0.143. The number of nitrogens with one attached hydrogen (secondary N) is 2. The van der Waals surface area contributed by atoms with Gasteiger partial charge in [-0.25, -0.2) is 13.4 Å². The van der Waals surface area contributed by atoms with Crippen LogP contribution in [-0.2, 0) is 21.2 Å². The van der Waals surface area contributed by atoms with Crippen LogP contribution in [0, 0.1) is 0 Å². The van der Waals surface area contributed by atoms with Crippen LogP contribution in [0.15, 0.2) is 41.3 Å². The first kappa shape index (κ1) is 21.1. The van der Waals surface area contributed by atoms with Crippen molar-refractivity contribution in [1.29, 1.82) is 0 Å². The first-order valence-electron chi connectivity index (χ1n) is 9.26. The summed E-state index contributed by atoms with van der Waals surface area (Å²) in [5.41, 5.74) is 2.03. The lowest BCUT2D eigenvalue weighted by atomic mass is 10.1. The Balaban J connectivity index is 1.91. The maximum Gasteiger partial charge on any atom is 0.261 e. The number of ether oxygens (including phenoxy) is 1. The average molecular weight is 434 g/mol. The molecule has 3 rings (SSSR count). The summed E-state index contributed by atoms with van der Waals surface area (Å²) in [7, 11) is -2.26. The lowest BCUT2D eigenvalue weighted by Crippen LogP contribution is -2.13. The maximum absolute atomic E-state index is 12.8. The van der Waals surface area contributed by atoms with Gasteiger partial charge in [-0.3, -0.25) is 9.52 Å². The third-order valence-electron chi connectivity index (χ3n) is 4.27. The quantitative estimate of drug-likeness (QED) is 0.548. The zero-order valence-corrected chi connectivity index (χ0v) is 18.1. The molecule has 9 heteroatoms. The molecule has 0 aliphatic rings. The zero-order chi connectivity index (χ0) is 21.0. The van der Waals surface area contributed by atoms with Gasteiger partial charge in [0.1, 0.15) is 11.3 Å². The fourth-order valence-corrected chi connectivity index (χ4v) is 4.79. The van der Waals surface area contributed by atoms with Crippen molar-refractivity contribution in [3.8, 4) is 5.75 Å². The summed E-state index contributed by atoms with van der Waals surface area (Å²) >= 11 is 1.26. The number of benzene rings is 2. The van der Waals surface area contributed by atoms with E-state index in [0.717, 1.165) is 18.4 Å².